The first-order valence-electron chi connectivity index (χ1n) is 5.71. The zero-order valence-electron chi connectivity index (χ0n) is 10.3. The quantitative estimate of drug-likeness (QED) is 0.740. The number of nitrogens with zero attached hydrogens (tertiary/aromatic N) is 1. The molecule has 1 atom stereocenters. The Morgan fingerprint density at radius 2 is 2.05 bits per heavy atom. The van der Waals surface area contributed by atoms with Gasteiger partial charge in [-0.2, -0.15) is 13.2 Å². The van der Waals surface area contributed by atoms with E-state index in [2.05, 4.69) is 4.98 Å². The van der Waals surface area contributed by atoms with Crippen molar-refractivity contribution in [1.29, 1.82) is 0 Å². The summed E-state index contributed by atoms with van der Waals surface area (Å²) in [6, 6.07) is 0. The molecule has 0 saturated carbocycles. The molecular formula is C12H10F3IN2O2. The van der Waals surface area contributed by atoms with Crippen molar-refractivity contribution >= 4 is 28.3 Å². The minimum absolute atomic E-state index is 0.183. The van der Waals surface area contributed by atoms with E-state index < -0.39 is 23.0 Å². The fourth-order valence-electron chi connectivity index (χ4n) is 1.93. The van der Waals surface area contributed by atoms with Crippen LogP contribution in [0.15, 0.2) is 33.5 Å². The van der Waals surface area contributed by atoms with Crippen molar-refractivity contribution in [2.24, 2.45) is 5.92 Å². The summed E-state index contributed by atoms with van der Waals surface area (Å²) in [5.74, 6) is -0.250. The van der Waals surface area contributed by atoms with E-state index in [4.69, 9.17) is 0 Å². The maximum atomic E-state index is 12.7. The van der Waals surface area contributed by atoms with Gasteiger partial charge in [0.25, 0.3) is 5.56 Å². The molecule has 0 bridgehead atoms. The second-order valence-corrected chi connectivity index (χ2v) is 5.63. The van der Waals surface area contributed by atoms with E-state index in [1.807, 2.05) is 0 Å². The fourth-order valence-corrected chi connectivity index (χ4v) is 2.34. The van der Waals surface area contributed by atoms with E-state index in [9.17, 15) is 22.8 Å². The molecule has 0 radical (unpaired) electrons. The molecule has 20 heavy (non-hydrogen) atoms. The lowest BCUT2D eigenvalue weighted by atomic mass is 9.94. The SMILES string of the molecule is CC1CC=C(C(F)(F)F)C=C1n1cc(I)c(=O)[nH]c1=O. The van der Waals surface area contributed by atoms with Crippen LogP contribution in [0.25, 0.3) is 5.70 Å². The summed E-state index contributed by atoms with van der Waals surface area (Å²) < 4.78 is 39.5. The Balaban J connectivity index is 2.59. The fraction of sp³-hybridized carbons (Fsp3) is 0.333. The van der Waals surface area contributed by atoms with Crippen LogP contribution >= 0.6 is 22.6 Å². The number of H-pyrrole nitrogens is 1. The Hall–Kier alpha value is -1.32. The van der Waals surface area contributed by atoms with Gasteiger partial charge in [-0.05, 0) is 35.1 Å². The number of aromatic amines is 1. The molecule has 0 amide bonds. The molecule has 0 aromatic carbocycles. The van der Waals surface area contributed by atoms with Crippen LogP contribution in [0.1, 0.15) is 13.3 Å². The van der Waals surface area contributed by atoms with Gasteiger partial charge in [-0.15, -0.1) is 0 Å². The number of halogens is 4. The lowest BCUT2D eigenvalue weighted by Gasteiger charge is -2.22. The van der Waals surface area contributed by atoms with E-state index in [0.29, 0.717) is 0 Å². The van der Waals surface area contributed by atoms with E-state index in [-0.39, 0.29) is 21.6 Å². The van der Waals surface area contributed by atoms with Gasteiger partial charge in [0, 0.05) is 17.8 Å². The standard InChI is InChI=1S/C12H10F3IN2O2/c1-6-2-3-7(12(13,14)15)4-9(6)18-5-8(16)10(19)17-11(18)20/h3-6H,2H2,1H3,(H,17,19,20). The number of nitrogens with one attached hydrogen (secondary N) is 1. The van der Waals surface area contributed by atoms with Crippen molar-refractivity contribution < 1.29 is 13.2 Å². The number of alkyl halides is 3. The largest absolute Gasteiger partial charge is 0.416 e. The van der Waals surface area contributed by atoms with Crippen LogP contribution in [0.3, 0.4) is 0 Å². The average molecular weight is 398 g/mol. The Labute approximate surface area is 125 Å². The molecule has 1 aromatic heterocycles. The third-order valence-corrected chi connectivity index (χ3v) is 3.77. The summed E-state index contributed by atoms with van der Waals surface area (Å²) in [7, 11) is 0. The maximum absolute atomic E-state index is 12.7. The number of hydrogen-bond acceptors (Lipinski definition) is 2. The maximum Gasteiger partial charge on any atom is 0.416 e. The molecule has 4 nitrogen and oxygen atoms in total. The highest BCUT2D eigenvalue weighted by Crippen LogP contribution is 2.35. The number of allylic oxidation sites excluding steroid dienone is 4. The van der Waals surface area contributed by atoms with Crippen LogP contribution in [0.4, 0.5) is 13.2 Å². The summed E-state index contributed by atoms with van der Waals surface area (Å²) >= 11 is 1.72. The summed E-state index contributed by atoms with van der Waals surface area (Å²) in [5, 5.41) is 0. The summed E-state index contributed by atoms with van der Waals surface area (Å²) in [4.78, 5) is 25.1. The number of aromatic nitrogens is 2. The van der Waals surface area contributed by atoms with Crippen molar-refractivity contribution in [1.82, 2.24) is 9.55 Å². The Kier molecular flexibility index (Phi) is 3.94. The molecule has 0 spiro atoms. The molecule has 1 aliphatic carbocycles. The van der Waals surface area contributed by atoms with Crippen LogP contribution in [0.5, 0.6) is 0 Å². The predicted octanol–water partition coefficient (Wildman–Crippen LogP) is 2.51. The molecular weight excluding hydrogens is 388 g/mol. The first-order valence-corrected chi connectivity index (χ1v) is 6.79. The average Bonchev–Trinajstić information content (AvgIpc) is 2.33. The molecule has 8 heteroatoms. The Bertz CT molecular complexity index is 713. The molecule has 1 unspecified atom stereocenters. The van der Waals surface area contributed by atoms with Crippen LogP contribution in [0, 0.1) is 9.49 Å². The smallest absolute Gasteiger partial charge is 0.273 e. The van der Waals surface area contributed by atoms with Crippen molar-refractivity contribution in [3.05, 3.63) is 48.3 Å². The van der Waals surface area contributed by atoms with Gasteiger partial charge in [0.15, 0.2) is 0 Å². The lowest BCUT2D eigenvalue weighted by molar-refractivity contribution is -0.0886. The molecule has 1 heterocycles. The number of rotatable bonds is 1. The molecule has 1 aliphatic rings. The minimum atomic E-state index is -4.45. The van der Waals surface area contributed by atoms with E-state index in [1.54, 1.807) is 29.5 Å². The van der Waals surface area contributed by atoms with Gasteiger partial charge in [0.2, 0.25) is 0 Å². The first kappa shape index (κ1) is 15.1. The van der Waals surface area contributed by atoms with Crippen LogP contribution in [-0.2, 0) is 0 Å². The van der Waals surface area contributed by atoms with Crippen molar-refractivity contribution in [2.45, 2.75) is 19.5 Å². The summed E-state index contributed by atoms with van der Waals surface area (Å²) in [5.41, 5.74) is -1.85. The van der Waals surface area contributed by atoms with Gasteiger partial charge >= 0.3 is 11.9 Å². The van der Waals surface area contributed by atoms with Gasteiger partial charge in [-0.25, -0.2) is 4.79 Å². The molecule has 0 saturated heterocycles. The zero-order valence-corrected chi connectivity index (χ0v) is 12.4. The van der Waals surface area contributed by atoms with Gasteiger partial charge in [0.05, 0.1) is 9.14 Å². The topological polar surface area (TPSA) is 54.9 Å². The van der Waals surface area contributed by atoms with E-state index in [0.717, 1.165) is 16.7 Å². The van der Waals surface area contributed by atoms with Gasteiger partial charge in [0.1, 0.15) is 0 Å². The summed E-state index contributed by atoms with van der Waals surface area (Å²) in [6.07, 6.45) is -0.962. The first-order chi connectivity index (χ1) is 9.20. The van der Waals surface area contributed by atoms with Crippen LogP contribution in [-0.4, -0.2) is 15.7 Å². The lowest BCUT2D eigenvalue weighted by Crippen LogP contribution is -2.32. The van der Waals surface area contributed by atoms with Gasteiger partial charge < -0.3 is 0 Å². The third-order valence-electron chi connectivity index (χ3n) is 3.00. The molecule has 1 N–H and O–H groups in total. The van der Waals surface area contributed by atoms with Crippen LogP contribution in [0.2, 0.25) is 0 Å². The van der Waals surface area contributed by atoms with Gasteiger partial charge in [-0.3, -0.25) is 14.3 Å². The number of hydrogen-bond donors (Lipinski definition) is 1. The highest BCUT2D eigenvalue weighted by atomic mass is 127. The van der Waals surface area contributed by atoms with Crippen molar-refractivity contribution in [3.63, 3.8) is 0 Å². The summed E-state index contributed by atoms with van der Waals surface area (Å²) in [6.45, 7) is 1.72. The zero-order chi connectivity index (χ0) is 15.1. The highest BCUT2D eigenvalue weighted by molar-refractivity contribution is 14.1. The minimum Gasteiger partial charge on any atom is -0.273 e. The molecule has 0 aliphatic heterocycles. The van der Waals surface area contributed by atoms with Crippen LogP contribution < -0.4 is 11.2 Å². The molecule has 1 aromatic rings. The normalized spacial score (nSPS) is 19.6. The Morgan fingerprint density at radius 3 is 2.65 bits per heavy atom. The van der Waals surface area contributed by atoms with E-state index >= 15 is 0 Å². The van der Waals surface area contributed by atoms with Crippen molar-refractivity contribution in [3.8, 4) is 0 Å². The molecule has 0 fully saturated rings. The molecule has 108 valence electrons. The Morgan fingerprint density at radius 1 is 1.40 bits per heavy atom. The third kappa shape index (κ3) is 2.89. The van der Waals surface area contributed by atoms with Gasteiger partial charge in [-0.1, -0.05) is 13.0 Å². The molecule has 2 rings (SSSR count). The van der Waals surface area contributed by atoms with Crippen molar-refractivity contribution in [2.75, 3.05) is 0 Å². The highest BCUT2D eigenvalue weighted by Gasteiger charge is 2.34. The second kappa shape index (κ2) is 5.23. The monoisotopic (exact) mass is 398 g/mol. The van der Waals surface area contributed by atoms with E-state index in [1.165, 1.54) is 6.20 Å². The second-order valence-electron chi connectivity index (χ2n) is 4.47. The predicted molar refractivity (Wildman–Crippen MR) is 76.2 cm³/mol.